The summed E-state index contributed by atoms with van der Waals surface area (Å²) in [4.78, 5) is 0. The summed E-state index contributed by atoms with van der Waals surface area (Å²) in [7, 11) is 0. The lowest BCUT2D eigenvalue weighted by atomic mass is 10.1. The van der Waals surface area contributed by atoms with Gasteiger partial charge < -0.3 is 16.3 Å². The summed E-state index contributed by atoms with van der Waals surface area (Å²) in [5.74, 6) is 1.69. The van der Waals surface area contributed by atoms with Crippen molar-refractivity contribution in [3.8, 4) is 0 Å². The number of thioether (sulfide) groups is 1. The van der Waals surface area contributed by atoms with E-state index in [4.69, 9.17) is 10.9 Å². The molecule has 0 amide bonds. The van der Waals surface area contributed by atoms with Gasteiger partial charge in [-0.05, 0) is 30.4 Å². The number of oxime groups is 1. The predicted octanol–water partition coefficient (Wildman–Crippen LogP) is 1.91. The lowest BCUT2D eigenvalue weighted by molar-refractivity contribution is 0.318. The molecule has 1 heterocycles. The Morgan fingerprint density at radius 3 is 2.89 bits per heavy atom. The standard InChI is InChI=1S/C13H18FN3OS/c14-12-9(2-1-3-11(12)13(15)17-18)8-16-10-4-6-19-7-5-10/h1-3,10,16,18H,4-8H2,(H2,15,17). The van der Waals surface area contributed by atoms with E-state index in [1.165, 1.54) is 6.07 Å². The van der Waals surface area contributed by atoms with Crippen LogP contribution >= 0.6 is 11.8 Å². The number of nitrogens with two attached hydrogens (primary N) is 1. The Kier molecular flexibility index (Phi) is 5.04. The zero-order valence-corrected chi connectivity index (χ0v) is 11.4. The number of halogens is 1. The Hall–Kier alpha value is -1.27. The van der Waals surface area contributed by atoms with Crippen molar-refractivity contribution in [2.24, 2.45) is 10.9 Å². The number of benzene rings is 1. The van der Waals surface area contributed by atoms with Gasteiger partial charge in [-0.25, -0.2) is 4.39 Å². The third-order valence-corrected chi connectivity index (χ3v) is 4.31. The summed E-state index contributed by atoms with van der Waals surface area (Å²) in [6, 6.07) is 5.39. The largest absolute Gasteiger partial charge is 0.409 e. The van der Waals surface area contributed by atoms with Crippen molar-refractivity contribution in [2.75, 3.05) is 11.5 Å². The van der Waals surface area contributed by atoms with Gasteiger partial charge in [0.25, 0.3) is 0 Å². The highest BCUT2D eigenvalue weighted by Gasteiger charge is 2.15. The zero-order chi connectivity index (χ0) is 13.7. The molecule has 0 saturated carbocycles. The van der Waals surface area contributed by atoms with Crippen LogP contribution in [0.25, 0.3) is 0 Å². The molecule has 104 valence electrons. The Labute approximate surface area is 116 Å². The summed E-state index contributed by atoms with van der Waals surface area (Å²) >= 11 is 1.96. The maximum absolute atomic E-state index is 14.1. The van der Waals surface area contributed by atoms with E-state index in [0.29, 0.717) is 18.2 Å². The number of rotatable bonds is 4. The summed E-state index contributed by atoms with van der Waals surface area (Å²) in [5.41, 5.74) is 6.12. The Balaban J connectivity index is 2.04. The summed E-state index contributed by atoms with van der Waals surface area (Å²) in [6.45, 7) is 0.466. The van der Waals surface area contributed by atoms with Gasteiger partial charge in [0.2, 0.25) is 0 Å². The van der Waals surface area contributed by atoms with Crippen molar-refractivity contribution in [2.45, 2.75) is 25.4 Å². The molecule has 19 heavy (non-hydrogen) atoms. The molecule has 0 radical (unpaired) electrons. The SMILES string of the molecule is N/C(=N/O)c1cccc(CNC2CCSCC2)c1F. The average Bonchev–Trinajstić information content (AvgIpc) is 2.46. The van der Waals surface area contributed by atoms with Crippen molar-refractivity contribution in [3.05, 3.63) is 35.1 Å². The van der Waals surface area contributed by atoms with E-state index in [1.807, 2.05) is 11.8 Å². The molecular formula is C13H18FN3OS. The van der Waals surface area contributed by atoms with Gasteiger partial charge in [0.15, 0.2) is 5.84 Å². The van der Waals surface area contributed by atoms with Crippen molar-refractivity contribution in [1.82, 2.24) is 5.32 Å². The lowest BCUT2D eigenvalue weighted by Gasteiger charge is -2.22. The van der Waals surface area contributed by atoms with Gasteiger partial charge in [0, 0.05) is 18.2 Å². The Morgan fingerprint density at radius 1 is 1.47 bits per heavy atom. The van der Waals surface area contributed by atoms with Crippen LogP contribution in [-0.2, 0) is 6.54 Å². The van der Waals surface area contributed by atoms with Crippen LogP contribution in [0, 0.1) is 5.82 Å². The quantitative estimate of drug-likeness (QED) is 0.342. The van der Waals surface area contributed by atoms with Gasteiger partial charge in [-0.3, -0.25) is 0 Å². The van der Waals surface area contributed by atoms with Crippen LogP contribution in [-0.4, -0.2) is 28.6 Å². The molecule has 1 aromatic rings. The number of hydrogen-bond acceptors (Lipinski definition) is 4. The fraction of sp³-hybridized carbons (Fsp3) is 0.462. The summed E-state index contributed by atoms with van der Waals surface area (Å²) in [6.07, 6.45) is 2.23. The minimum Gasteiger partial charge on any atom is -0.409 e. The number of amidine groups is 1. The van der Waals surface area contributed by atoms with Crippen molar-refractivity contribution in [3.63, 3.8) is 0 Å². The third kappa shape index (κ3) is 3.61. The van der Waals surface area contributed by atoms with Crippen LogP contribution in [0.4, 0.5) is 4.39 Å². The average molecular weight is 283 g/mol. The van der Waals surface area contributed by atoms with Crippen LogP contribution < -0.4 is 11.1 Å². The van der Waals surface area contributed by atoms with Gasteiger partial charge in [-0.2, -0.15) is 11.8 Å². The van der Waals surface area contributed by atoms with Gasteiger partial charge in [-0.1, -0.05) is 17.3 Å². The fourth-order valence-corrected chi connectivity index (χ4v) is 3.23. The zero-order valence-electron chi connectivity index (χ0n) is 10.6. The van der Waals surface area contributed by atoms with E-state index in [-0.39, 0.29) is 11.4 Å². The molecule has 0 atom stereocenters. The van der Waals surface area contributed by atoms with Crippen LogP contribution in [0.1, 0.15) is 24.0 Å². The molecular weight excluding hydrogens is 265 g/mol. The van der Waals surface area contributed by atoms with E-state index >= 15 is 0 Å². The highest BCUT2D eigenvalue weighted by atomic mass is 32.2. The van der Waals surface area contributed by atoms with Crippen molar-refractivity contribution in [1.29, 1.82) is 0 Å². The van der Waals surface area contributed by atoms with Gasteiger partial charge in [-0.15, -0.1) is 0 Å². The molecule has 0 aliphatic carbocycles. The first kappa shape index (κ1) is 14.1. The van der Waals surface area contributed by atoms with Gasteiger partial charge in [0.05, 0.1) is 5.56 Å². The normalized spacial score (nSPS) is 17.6. The first-order chi connectivity index (χ1) is 9.22. The second-order valence-corrected chi connectivity index (χ2v) is 5.76. The Bertz CT molecular complexity index is 461. The van der Waals surface area contributed by atoms with E-state index in [0.717, 1.165) is 24.3 Å². The fourth-order valence-electron chi connectivity index (χ4n) is 2.12. The van der Waals surface area contributed by atoms with Gasteiger partial charge in [0.1, 0.15) is 5.82 Å². The topological polar surface area (TPSA) is 70.6 Å². The molecule has 1 aromatic carbocycles. The molecule has 2 rings (SSSR count). The molecule has 1 saturated heterocycles. The van der Waals surface area contributed by atoms with Crippen LogP contribution in [0.5, 0.6) is 0 Å². The van der Waals surface area contributed by atoms with Crippen LogP contribution in [0.3, 0.4) is 0 Å². The van der Waals surface area contributed by atoms with Crippen LogP contribution in [0.15, 0.2) is 23.4 Å². The van der Waals surface area contributed by atoms with Crippen LogP contribution in [0.2, 0.25) is 0 Å². The molecule has 6 heteroatoms. The molecule has 1 aliphatic heterocycles. The monoisotopic (exact) mass is 283 g/mol. The van der Waals surface area contributed by atoms with E-state index in [9.17, 15) is 4.39 Å². The molecule has 0 aromatic heterocycles. The lowest BCUT2D eigenvalue weighted by Crippen LogP contribution is -2.32. The second-order valence-electron chi connectivity index (χ2n) is 4.53. The molecule has 4 N–H and O–H groups in total. The summed E-state index contributed by atoms with van der Waals surface area (Å²) in [5, 5.41) is 14.8. The first-order valence-corrected chi connectivity index (χ1v) is 7.44. The second kappa shape index (κ2) is 6.77. The van der Waals surface area contributed by atoms with Crippen molar-refractivity contribution < 1.29 is 9.60 Å². The highest BCUT2D eigenvalue weighted by molar-refractivity contribution is 7.99. The minimum atomic E-state index is -0.421. The number of nitrogens with zero attached hydrogens (tertiary/aromatic N) is 1. The highest BCUT2D eigenvalue weighted by Crippen LogP contribution is 2.18. The third-order valence-electron chi connectivity index (χ3n) is 3.26. The maximum atomic E-state index is 14.1. The molecule has 4 nitrogen and oxygen atoms in total. The smallest absolute Gasteiger partial charge is 0.173 e. The molecule has 0 spiro atoms. The minimum absolute atomic E-state index is 0.140. The summed E-state index contributed by atoms with van der Waals surface area (Å²) < 4.78 is 14.1. The molecule has 0 bridgehead atoms. The van der Waals surface area contributed by atoms with E-state index in [1.54, 1.807) is 12.1 Å². The number of hydrogen-bond donors (Lipinski definition) is 3. The number of nitrogens with one attached hydrogen (secondary N) is 1. The van der Waals surface area contributed by atoms with E-state index < -0.39 is 5.82 Å². The Morgan fingerprint density at radius 2 is 2.21 bits per heavy atom. The maximum Gasteiger partial charge on any atom is 0.173 e. The van der Waals surface area contributed by atoms with Crippen molar-refractivity contribution >= 4 is 17.6 Å². The van der Waals surface area contributed by atoms with E-state index in [2.05, 4.69) is 10.5 Å². The molecule has 1 aliphatic rings. The molecule has 0 unspecified atom stereocenters. The van der Waals surface area contributed by atoms with Gasteiger partial charge >= 0.3 is 0 Å². The predicted molar refractivity (Wildman–Crippen MR) is 76.1 cm³/mol. The first-order valence-electron chi connectivity index (χ1n) is 6.28. The molecule has 1 fully saturated rings.